The maximum absolute atomic E-state index is 12.5. The summed E-state index contributed by atoms with van der Waals surface area (Å²) in [6.45, 7) is 6.44. The molecule has 0 saturated carbocycles. The van der Waals surface area contributed by atoms with Crippen molar-refractivity contribution in [3.05, 3.63) is 35.4 Å². The minimum absolute atomic E-state index is 0.196. The monoisotopic (exact) mass is 302 g/mol. The Bertz CT molecular complexity index is 560. The van der Waals surface area contributed by atoms with Crippen LogP contribution in [0.25, 0.3) is 0 Å². The Morgan fingerprint density at radius 1 is 1.14 bits per heavy atom. The molecule has 22 heavy (non-hydrogen) atoms. The van der Waals surface area contributed by atoms with Crippen molar-refractivity contribution >= 4 is 17.7 Å². The number of nitrogens with zero attached hydrogens (tertiary/aromatic N) is 1. The van der Waals surface area contributed by atoms with Gasteiger partial charge in [0.05, 0.1) is 11.1 Å². The second-order valence-electron chi connectivity index (χ2n) is 5.96. The number of amides is 3. The van der Waals surface area contributed by atoms with Crippen LogP contribution in [0.3, 0.4) is 0 Å². The number of rotatable bonds is 6. The highest BCUT2D eigenvalue weighted by atomic mass is 16.2. The van der Waals surface area contributed by atoms with Gasteiger partial charge in [-0.15, -0.1) is 0 Å². The summed E-state index contributed by atoms with van der Waals surface area (Å²) >= 11 is 0. The van der Waals surface area contributed by atoms with E-state index in [1.165, 1.54) is 0 Å². The smallest absolute Gasteiger partial charge is 0.262 e. The minimum atomic E-state index is -0.751. The van der Waals surface area contributed by atoms with Gasteiger partial charge in [-0.3, -0.25) is 19.3 Å². The molecule has 5 nitrogen and oxygen atoms in total. The lowest BCUT2D eigenvalue weighted by atomic mass is 10.0. The molecule has 0 bridgehead atoms. The van der Waals surface area contributed by atoms with E-state index < -0.39 is 6.04 Å². The van der Waals surface area contributed by atoms with Crippen LogP contribution < -0.4 is 5.32 Å². The van der Waals surface area contributed by atoms with E-state index in [9.17, 15) is 14.4 Å². The van der Waals surface area contributed by atoms with Crippen molar-refractivity contribution in [2.24, 2.45) is 5.92 Å². The summed E-state index contributed by atoms with van der Waals surface area (Å²) < 4.78 is 0. The van der Waals surface area contributed by atoms with Crippen molar-refractivity contribution < 1.29 is 14.4 Å². The SMILES string of the molecule is CCCNC(=O)C(CC(C)C)N1C(=O)c2ccccc2C1=O. The van der Waals surface area contributed by atoms with Crippen LogP contribution in [0, 0.1) is 5.92 Å². The quantitative estimate of drug-likeness (QED) is 0.819. The van der Waals surface area contributed by atoms with Crippen LogP contribution in [0.1, 0.15) is 54.3 Å². The molecule has 1 aliphatic rings. The molecule has 1 aromatic rings. The number of imide groups is 1. The molecule has 2 rings (SSSR count). The summed E-state index contributed by atoms with van der Waals surface area (Å²) in [7, 11) is 0. The van der Waals surface area contributed by atoms with Crippen LogP contribution >= 0.6 is 0 Å². The molecule has 0 aliphatic carbocycles. The average molecular weight is 302 g/mol. The van der Waals surface area contributed by atoms with Crippen molar-refractivity contribution in [3.8, 4) is 0 Å². The van der Waals surface area contributed by atoms with E-state index in [0.717, 1.165) is 11.3 Å². The Labute approximate surface area is 130 Å². The van der Waals surface area contributed by atoms with E-state index >= 15 is 0 Å². The van der Waals surface area contributed by atoms with Gasteiger partial charge >= 0.3 is 0 Å². The molecular weight excluding hydrogens is 280 g/mol. The minimum Gasteiger partial charge on any atom is -0.354 e. The molecule has 3 amide bonds. The molecule has 0 aromatic heterocycles. The Morgan fingerprint density at radius 3 is 2.14 bits per heavy atom. The van der Waals surface area contributed by atoms with E-state index in [-0.39, 0.29) is 23.6 Å². The van der Waals surface area contributed by atoms with Crippen LogP contribution in [0.5, 0.6) is 0 Å². The summed E-state index contributed by atoms with van der Waals surface area (Å²) in [6, 6.07) is 5.96. The zero-order valence-electron chi connectivity index (χ0n) is 13.3. The van der Waals surface area contributed by atoms with Gasteiger partial charge in [0.1, 0.15) is 6.04 Å². The third kappa shape index (κ3) is 3.03. The van der Waals surface area contributed by atoms with E-state index in [1.807, 2.05) is 20.8 Å². The first-order valence-electron chi connectivity index (χ1n) is 7.72. The number of benzene rings is 1. The zero-order chi connectivity index (χ0) is 16.3. The lowest BCUT2D eigenvalue weighted by molar-refractivity contribution is -0.125. The molecule has 1 aromatic carbocycles. The highest BCUT2D eigenvalue weighted by Crippen LogP contribution is 2.26. The Hall–Kier alpha value is -2.17. The number of nitrogens with one attached hydrogen (secondary N) is 1. The highest BCUT2D eigenvalue weighted by molar-refractivity contribution is 6.22. The van der Waals surface area contributed by atoms with Gasteiger partial charge in [0.15, 0.2) is 0 Å². The van der Waals surface area contributed by atoms with Crippen LogP contribution in [-0.4, -0.2) is 35.2 Å². The summed E-state index contributed by atoms with van der Waals surface area (Å²) in [5.74, 6) is -0.817. The lowest BCUT2D eigenvalue weighted by Crippen LogP contribution is -2.50. The first-order valence-corrected chi connectivity index (χ1v) is 7.72. The topological polar surface area (TPSA) is 66.5 Å². The Balaban J connectivity index is 2.31. The molecule has 1 N–H and O–H groups in total. The number of hydrogen-bond donors (Lipinski definition) is 1. The van der Waals surface area contributed by atoms with Crippen LogP contribution in [0.2, 0.25) is 0 Å². The number of hydrogen-bond acceptors (Lipinski definition) is 3. The first-order chi connectivity index (χ1) is 10.5. The predicted octanol–water partition coefficient (Wildman–Crippen LogP) is 2.22. The van der Waals surface area contributed by atoms with Crippen molar-refractivity contribution in [2.75, 3.05) is 6.54 Å². The van der Waals surface area contributed by atoms with Gasteiger partial charge in [0.25, 0.3) is 11.8 Å². The van der Waals surface area contributed by atoms with Gasteiger partial charge in [-0.25, -0.2) is 0 Å². The second kappa shape index (κ2) is 6.73. The fraction of sp³-hybridized carbons (Fsp3) is 0.471. The standard InChI is InChI=1S/C17H22N2O3/c1-4-9-18-15(20)14(10-11(2)3)19-16(21)12-7-5-6-8-13(12)17(19)22/h5-8,11,14H,4,9-10H2,1-3H3,(H,18,20). The summed E-state index contributed by atoms with van der Waals surface area (Å²) in [5, 5.41) is 2.80. The molecule has 1 unspecified atom stereocenters. The van der Waals surface area contributed by atoms with E-state index in [0.29, 0.717) is 24.1 Å². The molecule has 0 saturated heterocycles. The zero-order valence-corrected chi connectivity index (χ0v) is 13.3. The van der Waals surface area contributed by atoms with E-state index in [1.54, 1.807) is 24.3 Å². The Kier molecular flexibility index (Phi) is 4.96. The fourth-order valence-corrected chi connectivity index (χ4v) is 2.63. The van der Waals surface area contributed by atoms with Crippen LogP contribution in [0.15, 0.2) is 24.3 Å². The summed E-state index contributed by atoms with van der Waals surface area (Å²) in [6.07, 6.45) is 1.27. The van der Waals surface area contributed by atoms with Crippen molar-refractivity contribution in [2.45, 2.75) is 39.7 Å². The fourth-order valence-electron chi connectivity index (χ4n) is 2.63. The predicted molar refractivity (Wildman–Crippen MR) is 83.5 cm³/mol. The lowest BCUT2D eigenvalue weighted by Gasteiger charge is -2.26. The molecular formula is C17H22N2O3. The maximum atomic E-state index is 12.5. The average Bonchev–Trinajstić information content (AvgIpc) is 2.74. The van der Waals surface area contributed by atoms with E-state index in [2.05, 4.69) is 5.32 Å². The molecule has 0 fully saturated rings. The van der Waals surface area contributed by atoms with Gasteiger partial charge in [0, 0.05) is 6.54 Å². The maximum Gasteiger partial charge on any atom is 0.262 e. The number of carbonyl (C=O) groups is 3. The van der Waals surface area contributed by atoms with Gasteiger partial charge in [-0.1, -0.05) is 32.9 Å². The molecule has 1 heterocycles. The normalized spacial score (nSPS) is 15.2. The van der Waals surface area contributed by atoms with Gasteiger partial charge < -0.3 is 5.32 Å². The van der Waals surface area contributed by atoms with Gasteiger partial charge in [0.2, 0.25) is 5.91 Å². The summed E-state index contributed by atoms with van der Waals surface area (Å²) in [5.41, 5.74) is 0.758. The van der Waals surface area contributed by atoms with Crippen LogP contribution in [0.4, 0.5) is 0 Å². The van der Waals surface area contributed by atoms with Crippen molar-refractivity contribution in [1.82, 2.24) is 10.2 Å². The highest BCUT2D eigenvalue weighted by Gasteiger charge is 2.42. The van der Waals surface area contributed by atoms with Gasteiger partial charge in [-0.05, 0) is 30.9 Å². The molecule has 0 radical (unpaired) electrons. The third-order valence-electron chi connectivity index (χ3n) is 3.68. The summed E-state index contributed by atoms with van der Waals surface area (Å²) in [4.78, 5) is 38.6. The number of carbonyl (C=O) groups excluding carboxylic acids is 3. The molecule has 1 atom stereocenters. The van der Waals surface area contributed by atoms with Gasteiger partial charge in [-0.2, -0.15) is 0 Å². The van der Waals surface area contributed by atoms with E-state index in [4.69, 9.17) is 0 Å². The van der Waals surface area contributed by atoms with Crippen LogP contribution in [-0.2, 0) is 4.79 Å². The molecule has 1 aliphatic heterocycles. The largest absolute Gasteiger partial charge is 0.354 e. The Morgan fingerprint density at radius 2 is 1.68 bits per heavy atom. The second-order valence-corrected chi connectivity index (χ2v) is 5.96. The number of fused-ring (bicyclic) bond motifs is 1. The molecule has 0 spiro atoms. The first kappa shape index (κ1) is 16.2. The van der Waals surface area contributed by atoms with Crippen molar-refractivity contribution in [3.63, 3.8) is 0 Å². The molecule has 5 heteroatoms. The van der Waals surface area contributed by atoms with Crippen molar-refractivity contribution in [1.29, 1.82) is 0 Å². The molecule has 118 valence electrons. The third-order valence-corrected chi connectivity index (χ3v) is 3.68.